The molecule has 0 aliphatic carbocycles. The number of piperazine rings is 1. The summed E-state index contributed by atoms with van der Waals surface area (Å²) in [6, 6.07) is 26.5. The average Bonchev–Trinajstić information content (AvgIpc) is 3.01. The fraction of sp³-hybridized carbons (Fsp3) is 0.129. The number of hydrogen-bond acceptors (Lipinski definition) is 7. The van der Waals surface area contributed by atoms with E-state index in [9.17, 15) is 4.79 Å². The topological polar surface area (TPSA) is 98.0 Å². The zero-order valence-corrected chi connectivity index (χ0v) is 21.2. The van der Waals surface area contributed by atoms with Gasteiger partial charge in [0.1, 0.15) is 5.82 Å². The average molecular weight is 512 g/mol. The van der Waals surface area contributed by atoms with Gasteiger partial charge in [0, 0.05) is 55.5 Å². The second-order valence-corrected chi connectivity index (χ2v) is 9.33. The van der Waals surface area contributed by atoms with Crippen LogP contribution in [0.15, 0.2) is 97.5 Å². The number of nitriles is 1. The van der Waals surface area contributed by atoms with Gasteiger partial charge in [-0.3, -0.25) is 14.8 Å². The van der Waals surface area contributed by atoms with Crippen LogP contribution < -0.4 is 15.1 Å². The molecule has 0 saturated carbocycles. The molecule has 8 nitrogen and oxygen atoms in total. The van der Waals surface area contributed by atoms with Crippen LogP contribution in [0, 0.1) is 11.3 Å². The molecule has 1 N–H and O–H groups in total. The van der Waals surface area contributed by atoms with Gasteiger partial charge in [-0.15, -0.1) is 0 Å². The monoisotopic (exact) mass is 511 g/mol. The Morgan fingerprint density at radius 2 is 1.49 bits per heavy atom. The fourth-order valence-electron chi connectivity index (χ4n) is 4.73. The molecule has 6 rings (SSSR count). The van der Waals surface area contributed by atoms with Crippen LogP contribution in [0.25, 0.3) is 22.2 Å². The first-order valence-electron chi connectivity index (χ1n) is 12.7. The maximum absolute atomic E-state index is 12.5. The number of carbonyl (C=O) groups excluding carboxylic acids is 1. The lowest BCUT2D eigenvalue weighted by atomic mass is 10.0. The summed E-state index contributed by atoms with van der Waals surface area (Å²) in [5.74, 6) is 0.664. The van der Waals surface area contributed by atoms with Crippen molar-refractivity contribution in [3.8, 4) is 17.2 Å². The molecule has 1 aliphatic rings. The van der Waals surface area contributed by atoms with E-state index < -0.39 is 0 Å². The molecule has 0 bridgehead atoms. The predicted molar refractivity (Wildman–Crippen MR) is 153 cm³/mol. The minimum atomic E-state index is -0.220. The highest BCUT2D eigenvalue weighted by Crippen LogP contribution is 2.26. The normalized spacial score (nSPS) is 13.2. The summed E-state index contributed by atoms with van der Waals surface area (Å²) >= 11 is 0. The third kappa shape index (κ3) is 5.24. The number of nitrogens with zero attached hydrogens (tertiary/aromatic N) is 6. The van der Waals surface area contributed by atoms with Crippen molar-refractivity contribution in [2.24, 2.45) is 0 Å². The van der Waals surface area contributed by atoms with E-state index >= 15 is 0 Å². The third-order valence-corrected chi connectivity index (χ3v) is 6.91. The van der Waals surface area contributed by atoms with Crippen molar-refractivity contribution in [3.63, 3.8) is 0 Å². The lowest BCUT2D eigenvalue weighted by Crippen LogP contribution is -2.46. The smallest absolute Gasteiger partial charge is 0.255 e. The van der Waals surface area contributed by atoms with Crippen LogP contribution in [0.5, 0.6) is 0 Å². The molecule has 0 unspecified atom stereocenters. The van der Waals surface area contributed by atoms with E-state index in [1.165, 1.54) is 5.69 Å². The molecule has 1 amide bonds. The molecular formula is C31H25N7O. The lowest BCUT2D eigenvalue weighted by Gasteiger charge is -2.36. The van der Waals surface area contributed by atoms with Crippen LogP contribution in [0.2, 0.25) is 0 Å². The summed E-state index contributed by atoms with van der Waals surface area (Å²) in [6.45, 7) is 3.57. The summed E-state index contributed by atoms with van der Waals surface area (Å²) in [7, 11) is 0. The predicted octanol–water partition coefficient (Wildman–Crippen LogP) is 5.14. The maximum Gasteiger partial charge on any atom is 0.255 e. The Morgan fingerprint density at radius 3 is 2.21 bits per heavy atom. The lowest BCUT2D eigenvalue weighted by molar-refractivity contribution is 0.102. The zero-order chi connectivity index (χ0) is 26.6. The Labute approximate surface area is 226 Å². The van der Waals surface area contributed by atoms with Crippen molar-refractivity contribution < 1.29 is 4.79 Å². The van der Waals surface area contributed by atoms with Crippen LogP contribution >= 0.6 is 0 Å². The zero-order valence-electron chi connectivity index (χ0n) is 21.2. The van der Waals surface area contributed by atoms with E-state index in [2.05, 4.69) is 37.2 Å². The van der Waals surface area contributed by atoms with Crippen molar-refractivity contribution in [1.29, 1.82) is 5.26 Å². The summed E-state index contributed by atoms with van der Waals surface area (Å²) in [5, 5.41) is 11.8. The van der Waals surface area contributed by atoms with Gasteiger partial charge in [0.2, 0.25) is 0 Å². The first-order valence-corrected chi connectivity index (χ1v) is 12.7. The van der Waals surface area contributed by atoms with E-state index in [4.69, 9.17) is 10.2 Å². The molecule has 0 radical (unpaired) electrons. The van der Waals surface area contributed by atoms with E-state index in [0.717, 1.165) is 54.2 Å². The van der Waals surface area contributed by atoms with E-state index in [1.807, 2.05) is 67.1 Å². The highest BCUT2D eigenvalue weighted by atomic mass is 16.1. The first-order chi connectivity index (χ1) is 19.2. The van der Waals surface area contributed by atoms with Crippen LogP contribution in [-0.2, 0) is 0 Å². The van der Waals surface area contributed by atoms with Gasteiger partial charge in [-0.05, 0) is 71.8 Å². The second kappa shape index (κ2) is 10.6. The van der Waals surface area contributed by atoms with Crippen LogP contribution in [-0.4, -0.2) is 47.0 Å². The quantitative estimate of drug-likeness (QED) is 0.349. The van der Waals surface area contributed by atoms with Crippen molar-refractivity contribution in [3.05, 3.63) is 109 Å². The van der Waals surface area contributed by atoms with Crippen molar-refractivity contribution in [2.75, 3.05) is 41.3 Å². The molecule has 8 heteroatoms. The molecule has 3 heterocycles. The molecule has 0 spiro atoms. The maximum atomic E-state index is 12.5. The standard InChI is InChI=1S/C31H25N7O/c32-20-22-1-3-24(4-2-22)31(39)35-26-8-5-23(6-9-26)25-7-10-28-29(19-25)36-30(21-34-28)38-17-15-37(16-18-38)27-11-13-33-14-12-27/h1-14,19,21H,15-18H2,(H,35,39). The molecule has 1 fully saturated rings. The third-order valence-electron chi connectivity index (χ3n) is 6.91. The highest BCUT2D eigenvalue weighted by molar-refractivity contribution is 6.04. The first kappa shape index (κ1) is 24.1. The molecule has 3 aromatic carbocycles. The molecular weight excluding hydrogens is 486 g/mol. The minimum Gasteiger partial charge on any atom is -0.368 e. The number of nitrogens with one attached hydrogen (secondary N) is 1. The van der Waals surface area contributed by atoms with Gasteiger partial charge in [0.05, 0.1) is 28.9 Å². The number of fused-ring (bicyclic) bond motifs is 1. The van der Waals surface area contributed by atoms with Crippen LogP contribution in [0.4, 0.5) is 17.2 Å². The van der Waals surface area contributed by atoms with E-state index in [1.54, 1.807) is 24.3 Å². The van der Waals surface area contributed by atoms with Crippen LogP contribution in [0.3, 0.4) is 0 Å². The molecule has 190 valence electrons. The summed E-state index contributed by atoms with van der Waals surface area (Å²) in [4.78, 5) is 30.9. The summed E-state index contributed by atoms with van der Waals surface area (Å²) in [5.41, 5.74) is 6.66. The number of rotatable bonds is 5. The largest absolute Gasteiger partial charge is 0.368 e. The van der Waals surface area contributed by atoms with Gasteiger partial charge in [-0.1, -0.05) is 18.2 Å². The van der Waals surface area contributed by atoms with Gasteiger partial charge in [0.25, 0.3) is 5.91 Å². The Balaban J connectivity index is 1.15. The Morgan fingerprint density at radius 1 is 0.795 bits per heavy atom. The Bertz CT molecular complexity index is 1650. The molecule has 1 saturated heterocycles. The van der Waals surface area contributed by atoms with E-state index in [0.29, 0.717) is 16.8 Å². The van der Waals surface area contributed by atoms with Gasteiger partial charge < -0.3 is 15.1 Å². The van der Waals surface area contributed by atoms with Crippen molar-refractivity contribution in [2.45, 2.75) is 0 Å². The second-order valence-electron chi connectivity index (χ2n) is 9.33. The van der Waals surface area contributed by atoms with Gasteiger partial charge in [-0.25, -0.2) is 4.98 Å². The van der Waals surface area contributed by atoms with Gasteiger partial charge >= 0.3 is 0 Å². The highest BCUT2D eigenvalue weighted by Gasteiger charge is 2.19. The number of amides is 1. The van der Waals surface area contributed by atoms with E-state index in [-0.39, 0.29) is 5.91 Å². The molecule has 0 atom stereocenters. The summed E-state index contributed by atoms with van der Waals surface area (Å²) < 4.78 is 0. The molecule has 39 heavy (non-hydrogen) atoms. The molecule has 5 aromatic rings. The molecule has 2 aromatic heterocycles. The van der Waals surface area contributed by atoms with Gasteiger partial charge in [0.15, 0.2) is 0 Å². The fourth-order valence-corrected chi connectivity index (χ4v) is 4.73. The number of anilines is 3. The number of pyridine rings is 1. The van der Waals surface area contributed by atoms with Crippen molar-refractivity contribution >= 4 is 34.1 Å². The Hall–Kier alpha value is -5.29. The number of hydrogen-bond donors (Lipinski definition) is 1. The van der Waals surface area contributed by atoms with Crippen molar-refractivity contribution in [1.82, 2.24) is 15.0 Å². The van der Waals surface area contributed by atoms with Crippen LogP contribution in [0.1, 0.15) is 15.9 Å². The minimum absolute atomic E-state index is 0.220. The van der Waals surface area contributed by atoms with Gasteiger partial charge in [-0.2, -0.15) is 5.26 Å². The SMILES string of the molecule is N#Cc1ccc(C(=O)Nc2ccc(-c3ccc4ncc(N5CCN(c6ccncc6)CC5)nc4c3)cc2)cc1. The molecule has 1 aliphatic heterocycles. The Kier molecular flexibility index (Phi) is 6.54. The number of benzene rings is 3. The number of carbonyl (C=O) groups is 1. The number of aromatic nitrogens is 3. The summed E-state index contributed by atoms with van der Waals surface area (Å²) in [6.07, 6.45) is 5.51.